The summed E-state index contributed by atoms with van der Waals surface area (Å²) >= 11 is 0. The molecule has 132 heavy (non-hydrogen) atoms. The van der Waals surface area contributed by atoms with Crippen LogP contribution in [0.1, 0.15) is 34.6 Å². The molecule has 0 spiro atoms. The first-order valence-electron chi connectivity index (χ1n) is 45.2. The SMILES string of the molecule is CC1(C)CN(c2ccc3nc(-c4ccc5c(c4)OCCO5)cc(=O)n3c2)CCN1.C[C@@H]1CN(c2ccc3nc(-c4ccc5c(c4)OCCO5)cc(=O)n3c2)CCN1.C[C@H]1CN(c2ccc3nc(-c4ccc5c(c4)OCCO5)cc(=O)n3c2)CCN1.C[C@H]1CN(c2ccc3nc(-c4ccccc4)cc(=O)n3c2)CCN1.O=c1cc(-c2ccccc2)nc2ccc(N3CCNCC3)cn12. The lowest BCUT2D eigenvalue weighted by atomic mass is 10.0. The van der Waals surface area contributed by atoms with Crippen molar-refractivity contribution in [2.75, 3.05) is 169 Å². The molecule has 0 amide bonds. The quantitative estimate of drug-likeness (QED) is 0.0850. The molecule has 23 rings (SSSR count). The van der Waals surface area contributed by atoms with Crippen molar-refractivity contribution >= 4 is 56.7 Å². The third-order valence-corrected chi connectivity index (χ3v) is 24.5. The van der Waals surface area contributed by atoms with Crippen molar-refractivity contribution < 1.29 is 28.4 Å². The van der Waals surface area contributed by atoms with Crippen molar-refractivity contribution in [3.8, 4) is 90.8 Å². The van der Waals surface area contributed by atoms with Gasteiger partial charge in [-0.25, -0.2) is 24.9 Å². The topological polar surface area (TPSA) is 304 Å². The Labute approximate surface area is 761 Å². The molecule has 0 radical (unpaired) electrons. The van der Waals surface area contributed by atoms with Crippen molar-refractivity contribution in [2.24, 2.45) is 0 Å². The summed E-state index contributed by atoms with van der Waals surface area (Å²) in [6.07, 6.45) is 9.45. The third-order valence-electron chi connectivity index (χ3n) is 24.5. The van der Waals surface area contributed by atoms with Crippen molar-refractivity contribution in [3.05, 3.63) is 289 Å². The molecule has 676 valence electrons. The number of fused-ring (bicyclic) bond motifs is 8. The molecule has 0 bridgehead atoms. The van der Waals surface area contributed by atoms with Crippen LogP contribution in [0.15, 0.2) is 261 Å². The van der Waals surface area contributed by atoms with Gasteiger partial charge in [-0.15, -0.1) is 0 Å². The van der Waals surface area contributed by atoms with Crippen LogP contribution in [-0.4, -0.2) is 215 Å². The van der Waals surface area contributed by atoms with Gasteiger partial charge in [-0.3, -0.25) is 46.0 Å². The molecule has 0 unspecified atom stereocenters. The largest absolute Gasteiger partial charge is 0.486 e. The van der Waals surface area contributed by atoms with E-state index in [1.165, 1.54) is 0 Å². The summed E-state index contributed by atoms with van der Waals surface area (Å²) in [5.41, 5.74) is 15.8. The van der Waals surface area contributed by atoms with E-state index in [0.29, 0.717) is 132 Å². The lowest BCUT2D eigenvalue weighted by Gasteiger charge is -2.40. The lowest BCUT2D eigenvalue weighted by molar-refractivity contribution is 0.171. The Balaban J connectivity index is 0.000000107. The fourth-order valence-electron chi connectivity index (χ4n) is 17.7. The Bertz CT molecular complexity index is 6890. The van der Waals surface area contributed by atoms with Crippen molar-refractivity contribution in [3.63, 3.8) is 0 Å². The molecule has 5 saturated heterocycles. The molecular formula is C101H106N20O11. The zero-order chi connectivity index (χ0) is 90.4. The normalized spacial score (nSPS) is 17.9. The number of aromatic nitrogens is 10. The molecule has 8 aliphatic heterocycles. The lowest BCUT2D eigenvalue weighted by Crippen LogP contribution is -2.57. The monoisotopic (exact) mass is 1770 g/mol. The number of hydrogen-bond donors (Lipinski definition) is 5. The fourth-order valence-corrected chi connectivity index (χ4v) is 17.7. The van der Waals surface area contributed by atoms with Crippen LogP contribution in [0.3, 0.4) is 0 Å². The molecule has 5 N–H and O–H groups in total. The molecule has 31 nitrogen and oxygen atoms in total. The van der Waals surface area contributed by atoms with Crippen LogP contribution in [0.25, 0.3) is 84.5 Å². The molecule has 0 aliphatic carbocycles. The second-order valence-electron chi connectivity index (χ2n) is 34.7. The fraction of sp³-hybridized carbons (Fsp3) is 0.307. The summed E-state index contributed by atoms with van der Waals surface area (Å²) in [7, 11) is 0. The van der Waals surface area contributed by atoms with Crippen LogP contribution in [0.2, 0.25) is 0 Å². The second kappa shape index (κ2) is 38.7. The van der Waals surface area contributed by atoms with E-state index in [1.54, 1.807) is 52.3 Å². The molecule has 5 aromatic carbocycles. The smallest absolute Gasteiger partial charge is 0.258 e. The number of ether oxygens (including phenoxy) is 6. The average molecular weight is 1780 g/mol. The second-order valence-corrected chi connectivity index (χ2v) is 34.7. The van der Waals surface area contributed by atoms with Gasteiger partial charge in [-0.2, -0.15) is 0 Å². The first kappa shape index (κ1) is 86.9. The summed E-state index contributed by atoms with van der Waals surface area (Å²) < 4.78 is 41.8. The molecule has 18 heterocycles. The maximum Gasteiger partial charge on any atom is 0.258 e. The highest BCUT2D eigenvalue weighted by Crippen LogP contribution is 2.38. The standard InChI is InChI=1S/C22H24N4O3.2C21H22N4O3.C19H20N4O.C18H18N4O/c1-22(2)14-25(8-7-23-22)16-4-6-20-24-17(12-21(27)26(20)13-16)15-3-5-18-19(11-15)29-10-9-28-18;2*1-14-12-24(7-6-22-14)16-3-5-20-23-17(11-21(26)25(20)13-16)15-2-4-18-19(10-15)28-9-8-27-18;1-14-12-22(10-9-20-14)16-7-8-18-21-17(11-19(24)23(18)13-16)15-5-3-2-4-6-15;23-18-12-16(14-4-2-1-3-5-14)20-17-7-6-15(13-22(17)18)21-10-8-19-9-11-21/h3-6,11-13,23H,7-10,14H2,1-2H3;2*2-5,10-11,13-14,22H,6-9,12H2,1H3;2-8,11,13-14,20H,9-10,12H2,1H3;1-7,12-13,19H,8-11H2/t;3*14-;/m.100./s1. The van der Waals surface area contributed by atoms with Crippen molar-refractivity contribution in [2.45, 2.75) is 58.3 Å². The number of benzene rings is 5. The van der Waals surface area contributed by atoms with Crippen LogP contribution in [-0.2, 0) is 0 Å². The highest BCUT2D eigenvalue weighted by Gasteiger charge is 2.28. The first-order chi connectivity index (χ1) is 64.3. The van der Waals surface area contributed by atoms with Crippen LogP contribution in [0.4, 0.5) is 28.4 Å². The Morgan fingerprint density at radius 3 is 0.864 bits per heavy atom. The van der Waals surface area contributed by atoms with Crippen LogP contribution >= 0.6 is 0 Å². The number of rotatable bonds is 10. The van der Waals surface area contributed by atoms with Gasteiger partial charge in [-0.1, -0.05) is 60.7 Å². The van der Waals surface area contributed by atoms with Gasteiger partial charge in [0, 0.05) is 218 Å². The Morgan fingerprint density at radius 1 is 0.288 bits per heavy atom. The van der Waals surface area contributed by atoms with Crippen molar-refractivity contribution in [1.29, 1.82) is 0 Å². The van der Waals surface area contributed by atoms with Gasteiger partial charge < -0.3 is 79.5 Å². The van der Waals surface area contributed by atoms with Gasteiger partial charge in [-0.05, 0) is 150 Å². The zero-order valence-corrected chi connectivity index (χ0v) is 74.5. The zero-order valence-electron chi connectivity index (χ0n) is 74.5. The molecule has 15 aromatic rings. The van der Waals surface area contributed by atoms with Crippen LogP contribution in [0.5, 0.6) is 34.5 Å². The Morgan fingerprint density at radius 2 is 0.561 bits per heavy atom. The molecular weight excluding hydrogens is 1670 g/mol. The van der Waals surface area contributed by atoms with E-state index in [2.05, 4.69) is 102 Å². The number of anilines is 5. The maximum absolute atomic E-state index is 12.9. The van der Waals surface area contributed by atoms with Gasteiger partial charge in [0.1, 0.15) is 67.9 Å². The van der Waals surface area contributed by atoms with Gasteiger partial charge in [0.25, 0.3) is 27.8 Å². The highest BCUT2D eigenvalue weighted by atomic mass is 16.6. The molecule has 8 aliphatic rings. The van der Waals surface area contributed by atoms with Gasteiger partial charge in [0.05, 0.1) is 56.9 Å². The minimum absolute atomic E-state index is 0.0402. The summed E-state index contributed by atoms with van der Waals surface area (Å²) in [5.74, 6) is 4.24. The number of pyridine rings is 5. The maximum atomic E-state index is 12.9. The number of nitrogens with one attached hydrogen (secondary N) is 5. The van der Waals surface area contributed by atoms with Crippen molar-refractivity contribution in [1.82, 2.24) is 73.5 Å². The Kier molecular flexibility index (Phi) is 25.4. The van der Waals surface area contributed by atoms with Gasteiger partial charge in [0.2, 0.25) is 0 Å². The first-order valence-corrected chi connectivity index (χ1v) is 45.2. The number of hydrogen-bond acceptors (Lipinski definition) is 26. The Hall–Kier alpha value is -14.5. The molecule has 10 aromatic heterocycles. The van der Waals surface area contributed by atoms with Gasteiger partial charge >= 0.3 is 0 Å². The van der Waals surface area contributed by atoms with E-state index in [1.807, 2.05) is 201 Å². The summed E-state index contributed by atoms with van der Waals surface area (Å²) in [6, 6.07) is 65.5. The third kappa shape index (κ3) is 19.8. The molecule has 3 atom stereocenters. The summed E-state index contributed by atoms with van der Waals surface area (Å²) in [4.78, 5) is 98.4. The molecule has 0 saturated carbocycles. The summed E-state index contributed by atoms with van der Waals surface area (Å²) in [5, 5.41) is 17.2. The molecule has 5 fully saturated rings. The van der Waals surface area contributed by atoms with Crippen LogP contribution in [0, 0.1) is 0 Å². The highest BCUT2D eigenvalue weighted by molar-refractivity contribution is 5.71. The molecule has 31 heteroatoms. The van der Waals surface area contributed by atoms with E-state index in [0.717, 1.165) is 178 Å². The summed E-state index contributed by atoms with van der Waals surface area (Å²) in [6.45, 7) is 29.1. The van der Waals surface area contributed by atoms with E-state index in [9.17, 15) is 24.0 Å². The minimum Gasteiger partial charge on any atom is -0.486 e. The van der Waals surface area contributed by atoms with E-state index < -0.39 is 0 Å². The predicted octanol–water partition coefficient (Wildman–Crippen LogP) is 10.1. The predicted molar refractivity (Wildman–Crippen MR) is 516 cm³/mol. The number of nitrogens with zero attached hydrogens (tertiary/aromatic N) is 15. The van der Waals surface area contributed by atoms with E-state index >= 15 is 0 Å². The van der Waals surface area contributed by atoms with Crippen LogP contribution < -0.4 is 107 Å². The minimum atomic E-state index is -0.101. The number of piperazine rings is 5. The van der Waals surface area contributed by atoms with Gasteiger partial charge in [0.15, 0.2) is 34.5 Å². The average Bonchev–Trinajstić information content (AvgIpc) is 0.778. The van der Waals surface area contributed by atoms with E-state index in [4.69, 9.17) is 43.4 Å². The van der Waals surface area contributed by atoms with E-state index in [-0.39, 0.29) is 33.3 Å².